The van der Waals surface area contributed by atoms with Crippen LogP contribution in [-0.4, -0.2) is 30.0 Å². The Morgan fingerprint density at radius 1 is 1.07 bits per heavy atom. The number of hydrogen-bond acceptors (Lipinski definition) is 2. The van der Waals surface area contributed by atoms with Crippen molar-refractivity contribution in [1.82, 2.24) is 4.68 Å². The summed E-state index contributed by atoms with van der Waals surface area (Å²) < 4.78 is 8.04. The fourth-order valence-corrected chi connectivity index (χ4v) is 2.42. The van der Waals surface area contributed by atoms with Gasteiger partial charge in [0.2, 0.25) is 0 Å². The molecule has 3 heteroatoms. The molecule has 0 bridgehead atoms. The van der Waals surface area contributed by atoms with Gasteiger partial charge in [0.15, 0.2) is 0 Å². The van der Waals surface area contributed by atoms with E-state index in [1.807, 2.05) is 0 Å². The quantitative estimate of drug-likeness (QED) is 0.701. The summed E-state index contributed by atoms with van der Waals surface area (Å²) in [5.41, 5.74) is 2.60. The Kier molecular flexibility index (Phi) is 2.74. The Morgan fingerprint density at radius 2 is 1.53 bits per heavy atom. The largest absolute Gasteiger partial charge is 0.372 e. The van der Waals surface area contributed by atoms with Crippen molar-refractivity contribution in [2.75, 3.05) is 18.1 Å². The van der Waals surface area contributed by atoms with Crippen LogP contribution < -0.4 is 5.01 Å². The van der Waals surface area contributed by atoms with Gasteiger partial charge in [-0.25, -0.2) is 0 Å². The third-order valence-electron chi connectivity index (χ3n) is 2.92. The molecule has 0 saturated carbocycles. The Labute approximate surface area is 91.6 Å². The van der Waals surface area contributed by atoms with Crippen LogP contribution in [0, 0.1) is 13.8 Å². The van der Waals surface area contributed by atoms with Crippen LogP contribution in [0.3, 0.4) is 0 Å². The zero-order valence-corrected chi connectivity index (χ0v) is 10.0. The lowest BCUT2D eigenvalue weighted by atomic mass is 10.2. The first-order valence-electron chi connectivity index (χ1n) is 5.63. The van der Waals surface area contributed by atoms with Gasteiger partial charge in [0.05, 0.1) is 25.3 Å². The molecule has 3 nitrogen and oxygen atoms in total. The average Bonchev–Trinajstić information content (AvgIpc) is 2.44. The van der Waals surface area contributed by atoms with Crippen LogP contribution in [0.15, 0.2) is 12.1 Å². The second-order valence-corrected chi connectivity index (χ2v) is 4.56. The lowest BCUT2D eigenvalue weighted by molar-refractivity contribution is -0.0136. The first kappa shape index (κ1) is 10.6. The van der Waals surface area contributed by atoms with Gasteiger partial charge in [-0.05, 0) is 39.8 Å². The fourth-order valence-electron chi connectivity index (χ4n) is 2.42. The van der Waals surface area contributed by atoms with Crippen LogP contribution in [0.4, 0.5) is 0 Å². The first-order chi connectivity index (χ1) is 7.08. The predicted octanol–water partition coefficient (Wildman–Crippen LogP) is 1.85. The minimum Gasteiger partial charge on any atom is -0.372 e. The second-order valence-electron chi connectivity index (χ2n) is 4.56. The molecule has 0 amide bonds. The summed E-state index contributed by atoms with van der Waals surface area (Å²) in [7, 11) is 0. The normalized spacial score (nSPS) is 27.1. The predicted molar refractivity (Wildman–Crippen MR) is 61.9 cm³/mol. The van der Waals surface area contributed by atoms with E-state index in [0.717, 1.165) is 13.1 Å². The molecule has 1 saturated heterocycles. The van der Waals surface area contributed by atoms with E-state index in [1.54, 1.807) is 0 Å². The highest BCUT2D eigenvalue weighted by atomic mass is 16.5. The molecule has 2 rings (SSSR count). The lowest BCUT2D eigenvalue weighted by Gasteiger charge is -2.38. The van der Waals surface area contributed by atoms with Crippen LogP contribution in [0.2, 0.25) is 0 Å². The highest BCUT2D eigenvalue weighted by Crippen LogP contribution is 2.14. The van der Waals surface area contributed by atoms with Crippen molar-refractivity contribution < 1.29 is 4.74 Å². The molecule has 0 unspecified atom stereocenters. The molecule has 0 N–H and O–H groups in total. The Morgan fingerprint density at radius 3 is 2.00 bits per heavy atom. The van der Waals surface area contributed by atoms with Crippen molar-refractivity contribution in [2.45, 2.75) is 39.9 Å². The smallest absolute Gasteiger partial charge is 0.0742 e. The zero-order chi connectivity index (χ0) is 11.0. The number of ether oxygens (including phenoxy) is 1. The fraction of sp³-hybridized carbons (Fsp3) is 0.667. The van der Waals surface area contributed by atoms with Gasteiger partial charge in [-0.1, -0.05) is 0 Å². The number of hydrogen-bond donors (Lipinski definition) is 0. The topological polar surface area (TPSA) is 17.4 Å². The molecule has 2 heterocycles. The molecule has 1 aliphatic rings. The SMILES string of the molecule is Cc1ccc(C)n1N1C[C@@H](C)O[C@@H](C)C1. The molecule has 1 aromatic rings. The van der Waals surface area contributed by atoms with Crippen molar-refractivity contribution in [1.29, 1.82) is 0 Å². The van der Waals surface area contributed by atoms with E-state index in [-0.39, 0.29) is 0 Å². The monoisotopic (exact) mass is 208 g/mol. The average molecular weight is 208 g/mol. The molecule has 1 fully saturated rings. The van der Waals surface area contributed by atoms with Crippen molar-refractivity contribution in [2.24, 2.45) is 0 Å². The highest BCUT2D eigenvalue weighted by Gasteiger charge is 2.23. The van der Waals surface area contributed by atoms with E-state index < -0.39 is 0 Å². The maximum atomic E-state index is 5.74. The summed E-state index contributed by atoms with van der Waals surface area (Å²) in [5.74, 6) is 0. The third-order valence-corrected chi connectivity index (χ3v) is 2.92. The number of aryl methyl sites for hydroxylation is 2. The minimum absolute atomic E-state index is 0.315. The van der Waals surface area contributed by atoms with Gasteiger partial charge in [-0.2, -0.15) is 0 Å². The van der Waals surface area contributed by atoms with Crippen molar-refractivity contribution in [3.8, 4) is 0 Å². The molecular weight excluding hydrogens is 188 g/mol. The molecule has 0 radical (unpaired) electrons. The van der Waals surface area contributed by atoms with Crippen molar-refractivity contribution in [3.05, 3.63) is 23.5 Å². The first-order valence-corrected chi connectivity index (χ1v) is 5.63. The molecule has 0 aliphatic carbocycles. The van der Waals surface area contributed by atoms with E-state index >= 15 is 0 Å². The van der Waals surface area contributed by atoms with Crippen LogP contribution in [0.5, 0.6) is 0 Å². The summed E-state index contributed by atoms with van der Waals surface area (Å²) in [6.45, 7) is 10.5. The second kappa shape index (κ2) is 3.89. The van der Waals surface area contributed by atoms with E-state index in [2.05, 4.69) is 49.5 Å². The molecule has 0 aromatic carbocycles. The summed E-state index contributed by atoms with van der Waals surface area (Å²) >= 11 is 0. The van der Waals surface area contributed by atoms with Crippen molar-refractivity contribution >= 4 is 0 Å². The van der Waals surface area contributed by atoms with Crippen LogP contribution in [-0.2, 0) is 4.74 Å². The standard InChI is InChI=1S/C12H20N2O/c1-9-5-6-10(2)14(9)13-7-11(3)15-12(4)8-13/h5-6,11-12H,7-8H2,1-4H3/t11-,12+. The number of nitrogens with zero attached hydrogens (tertiary/aromatic N) is 2. The minimum atomic E-state index is 0.315. The summed E-state index contributed by atoms with van der Waals surface area (Å²) in [4.78, 5) is 0. The van der Waals surface area contributed by atoms with Gasteiger partial charge in [0, 0.05) is 11.4 Å². The summed E-state index contributed by atoms with van der Waals surface area (Å²) in [5, 5.41) is 2.38. The third kappa shape index (κ3) is 2.02. The Balaban J connectivity index is 2.23. The number of aromatic nitrogens is 1. The Bertz CT molecular complexity index is 316. The van der Waals surface area contributed by atoms with E-state index in [4.69, 9.17) is 4.74 Å². The van der Waals surface area contributed by atoms with Gasteiger partial charge < -0.3 is 9.75 Å². The number of rotatable bonds is 1. The molecule has 15 heavy (non-hydrogen) atoms. The maximum absolute atomic E-state index is 5.74. The summed E-state index contributed by atoms with van der Waals surface area (Å²) in [6, 6.07) is 4.33. The van der Waals surface area contributed by atoms with Crippen LogP contribution in [0.25, 0.3) is 0 Å². The van der Waals surface area contributed by atoms with Crippen LogP contribution in [0.1, 0.15) is 25.2 Å². The van der Waals surface area contributed by atoms with E-state index in [9.17, 15) is 0 Å². The van der Waals surface area contributed by atoms with E-state index in [1.165, 1.54) is 11.4 Å². The van der Waals surface area contributed by atoms with Gasteiger partial charge >= 0.3 is 0 Å². The van der Waals surface area contributed by atoms with Gasteiger partial charge in [0.25, 0.3) is 0 Å². The highest BCUT2D eigenvalue weighted by molar-refractivity contribution is 5.17. The molecule has 84 valence electrons. The van der Waals surface area contributed by atoms with Gasteiger partial charge in [0.1, 0.15) is 0 Å². The molecular formula is C12H20N2O. The Hall–Kier alpha value is -0.960. The maximum Gasteiger partial charge on any atom is 0.0742 e. The zero-order valence-electron chi connectivity index (χ0n) is 10.0. The molecule has 1 aromatic heterocycles. The molecule has 1 aliphatic heterocycles. The van der Waals surface area contributed by atoms with Gasteiger partial charge in [-0.15, -0.1) is 0 Å². The number of morpholine rings is 1. The lowest BCUT2D eigenvalue weighted by Crippen LogP contribution is -2.51. The van der Waals surface area contributed by atoms with Crippen LogP contribution >= 0.6 is 0 Å². The molecule has 0 spiro atoms. The van der Waals surface area contributed by atoms with E-state index in [0.29, 0.717) is 12.2 Å². The van der Waals surface area contributed by atoms with Gasteiger partial charge in [-0.3, -0.25) is 4.68 Å². The van der Waals surface area contributed by atoms with Crippen molar-refractivity contribution in [3.63, 3.8) is 0 Å². The summed E-state index contributed by atoms with van der Waals surface area (Å²) in [6.07, 6.45) is 0.630. The molecule has 2 atom stereocenters.